The molecular weight excluding hydrogens is 351 g/mol. The SMILES string of the molecule is CC(C)(C)OC(=O)N1CCC(Nc2cccc(F)c2NC(=O)CC#N)CC1. The fourth-order valence-electron chi connectivity index (χ4n) is 2.78. The molecule has 7 nitrogen and oxygen atoms in total. The lowest BCUT2D eigenvalue weighted by Gasteiger charge is -2.34. The number of para-hydroxylation sites is 1. The van der Waals surface area contributed by atoms with Gasteiger partial charge in [-0.2, -0.15) is 5.26 Å². The van der Waals surface area contributed by atoms with Gasteiger partial charge in [0.15, 0.2) is 0 Å². The van der Waals surface area contributed by atoms with Crippen LogP contribution in [-0.4, -0.2) is 41.6 Å². The molecule has 1 aromatic carbocycles. The largest absolute Gasteiger partial charge is 0.444 e. The topological polar surface area (TPSA) is 94.5 Å². The molecule has 1 fully saturated rings. The van der Waals surface area contributed by atoms with Crippen LogP contribution in [0, 0.1) is 17.1 Å². The van der Waals surface area contributed by atoms with Gasteiger partial charge in [0.05, 0.1) is 11.8 Å². The molecule has 2 rings (SSSR count). The van der Waals surface area contributed by atoms with Crippen LogP contribution in [0.1, 0.15) is 40.0 Å². The molecule has 27 heavy (non-hydrogen) atoms. The standard InChI is InChI=1S/C19H25FN4O3/c1-19(2,3)27-18(26)24-11-8-13(9-12-24)22-15-6-4-5-14(20)17(15)23-16(25)7-10-21/h4-6,13,22H,7-9,11-12H2,1-3H3,(H,23,25). The molecule has 146 valence electrons. The van der Waals surface area contributed by atoms with Crippen molar-refractivity contribution in [1.29, 1.82) is 5.26 Å². The first kappa shape index (κ1) is 20.5. The van der Waals surface area contributed by atoms with E-state index in [-0.39, 0.29) is 24.2 Å². The van der Waals surface area contributed by atoms with Crippen LogP contribution in [0.3, 0.4) is 0 Å². The van der Waals surface area contributed by atoms with Gasteiger partial charge in [-0.05, 0) is 45.7 Å². The maximum Gasteiger partial charge on any atom is 0.410 e. The van der Waals surface area contributed by atoms with Crippen molar-refractivity contribution in [3.63, 3.8) is 0 Å². The van der Waals surface area contributed by atoms with Crippen molar-refractivity contribution in [2.24, 2.45) is 0 Å². The van der Waals surface area contributed by atoms with Crippen LogP contribution in [0.15, 0.2) is 18.2 Å². The highest BCUT2D eigenvalue weighted by atomic mass is 19.1. The van der Waals surface area contributed by atoms with Gasteiger partial charge < -0.3 is 20.3 Å². The Kier molecular flexibility index (Phi) is 6.61. The number of ether oxygens (including phenoxy) is 1. The van der Waals surface area contributed by atoms with Crippen molar-refractivity contribution in [3.8, 4) is 6.07 Å². The van der Waals surface area contributed by atoms with Crippen molar-refractivity contribution in [3.05, 3.63) is 24.0 Å². The number of carbonyl (C=O) groups is 2. The van der Waals surface area contributed by atoms with Crippen LogP contribution < -0.4 is 10.6 Å². The number of amides is 2. The van der Waals surface area contributed by atoms with Gasteiger partial charge in [0.1, 0.15) is 23.5 Å². The number of likely N-dealkylation sites (tertiary alicyclic amines) is 1. The number of rotatable bonds is 4. The third kappa shape index (κ3) is 6.13. The average Bonchev–Trinajstić information content (AvgIpc) is 2.57. The van der Waals surface area contributed by atoms with E-state index in [0.717, 1.165) is 0 Å². The third-order valence-electron chi connectivity index (χ3n) is 4.02. The first-order chi connectivity index (χ1) is 12.7. The Balaban J connectivity index is 1.97. The van der Waals surface area contributed by atoms with E-state index in [1.54, 1.807) is 23.1 Å². The van der Waals surface area contributed by atoms with Crippen LogP contribution >= 0.6 is 0 Å². The molecule has 1 aliphatic rings. The third-order valence-corrected chi connectivity index (χ3v) is 4.02. The highest BCUT2D eigenvalue weighted by Crippen LogP contribution is 2.28. The van der Waals surface area contributed by atoms with Gasteiger partial charge in [0.25, 0.3) is 0 Å². The summed E-state index contributed by atoms with van der Waals surface area (Å²) >= 11 is 0. The minimum absolute atomic E-state index is 0.0251. The zero-order valence-electron chi connectivity index (χ0n) is 15.8. The number of nitrogens with one attached hydrogen (secondary N) is 2. The van der Waals surface area contributed by atoms with Crippen molar-refractivity contribution in [2.75, 3.05) is 23.7 Å². The normalized spacial score (nSPS) is 15.0. The van der Waals surface area contributed by atoms with E-state index in [0.29, 0.717) is 31.6 Å². The maximum absolute atomic E-state index is 14.1. The Morgan fingerprint density at radius 1 is 1.33 bits per heavy atom. The summed E-state index contributed by atoms with van der Waals surface area (Å²) in [6, 6.07) is 6.23. The molecule has 0 spiro atoms. The first-order valence-corrected chi connectivity index (χ1v) is 8.89. The van der Waals surface area contributed by atoms with Gasteiger partial charge in [-0.15, -0.1) is 0 Å². The minimum Gasteiger partial charge on any atom is -0.444 e. The number of hydrogen-bond acceptors (Lipinski definition) is 5. The van der Waals surface area contributed by atoms with Crippen molar-refractivity contribution in [2.45, 2.75) is 51.7 Å². The second kappa shape index (κ2) is 8.71. The molecule has 2 amide bonds. The van der Waals surface area contributed by atoms with Crippen molar-refractivity contribution in [1.82, 2.24) is 4.90 Å². The van der Waals surface area contributed by atoms with E-state index >= 15 is 0 Å². The molecule has 1 aliphatic heterocycles. The molecule has 0 bridgehead atoms. The highest BCUT2D eigenvalue weighted by molar-refractivity contribution is 5.95. The molecule has 0 atom stereocenters. The molecule has 1 heterocycles. The molecule has 1 aromatic rings. The number of halogens is 1. The summed E-state index contributed by atoms with van der Waals surface area (Å²) in [6.07, 6.45) is 0.654. The van der Waals surface area contributed by atoms with Crippen molar-refractivity contribution < 1.29 is 18.7 Å². The summed E-state index contributed by atoms with van der Waals surface area (Å²) in [6.45, 7) is 6.53. The number of carbonyl (C=O) groups excluding carboxylic acids is 2. The average molecular weight is 376 g/mol. The van der Waals surface area contributed by atoms with Gasteiger partial charge >= 0.3 is 6.09 Å². The molecule has 0 unspecified atom stereocenters. The van der Waals surface area contributed by atoms with Gasteiger partial charge in [-0.25, -0.2) is 9.18 Å². The van der Waals surface area contributed by atoms with Crippen LogP contribution in [0.25, 0.3) is 0 Å². The Hall–Kier alpha value is -2.82. The molecule has 1 saturated heterocycles. The Bertz CT molecular complexity index is 731. The Morgan fingerprint density at radius 3 is 2.59 bits per heavy atom. The summed E-state index contributed by atoms with van der Waals surface area (Å²) in [4.78, 5) is 25.4. The highest BCUT2D eigenvalue weighted by Gasteiger charge is 2.27. The Morgan fingerprint density at radius 2 is 2.00 bits per heavy atom. The van der Waals surface area contributed by atoms with E-state index < -0.39 is 17.3 Å². The lowest BCUT2D eigenvalue weighted by atomic mass is 10.0. The van der Waals surface area contributed by atoms with Crippen molar-refractivity contribution >= 4 is 23.4 Å². The molecule has 8 heteroatoms. The number of nitrogens with zero attached hydrogens (tertiary/aromatic N) is 2. The quantitative estimate of drug-likeness (QED) is 0.839. The molecule has 2 N–H and O–H groups in total. The molecule has 0 radical (unpaired) electrons. The van der Waals surface area contributed by atoms with E-state index in [9.17, 15) is 14.0 Å². The molecule has 0 aliphatic carbocycles. The second-order valence-corrected chi connectivity index (χ2v) is 7.43. The Labute approximate surface area is 158 Å². The summed E-state index contributed by atoms with van der Waals surface area (Å²) in [7, 11) is 0. The van der Waals surface area contributed by atoms with Crippen LogP contribution in [0.2, 0.25) is 0 Å². The van der Waals surface area contributed by atoms with Gasteiger partial charge in [0, 0.05) is 19.1 Å². The van der Waals surface area contributed by atoms with E-state index in [1.165, 1.54) is 6.07 Å². The summed E-state index contributed by atoms with van der Waals surface area (Å²) < 4.78 is 19.5. The van der Waals surface area contributed by atoms with Crippen LogP contribution in [0.5, 0.6) is 0 Å². The predicted molar refractivity (Wildman–Crippen MR) is 99.7 cm³/mol. The number of benzene rings is 1. The van der Waals surface area contributed by atoms with Gasteiger partial charge in [0.2, 0.25) is 5.91 Å². The fraction of sp³-hybridized carbons (Fsp3) is 0.526. The summed E-state index contributed by atoms with van der Waals surface area (Å²) in [5.41, 5.74) is -0.0473. The van der Waals surface area contributed by atoms with Crippen LogP contribution in [0.4, 0.5) is 20.6 Å². The number of hydrogen-bond donors (Lipinski definition) is 2. The molecule has 0 aromatic heterocycles. The van der Waals surface area contributed by atoms with E-state index in [2.05, 4.69) is 10.6 Å². The fourth-order valence-corrected chi connectivity index (χ4v) is 2.78. The van der Waals surface area contributed by atoms with E-state index in [1.807, 2.05) is 20.8 Å². The second-order valence-electron chi connectivity index (χ2n) is 7.43. The monoisotopic (exact) mass is 376 g/mol. The smallest absolute Gasteiger partial charge is 0.410 e. The maximum atomic E-state index is 14.1. The summed E-state index contributed by atoms with van der Waals surface area (Å²) in [5, 5.41) is 14.3. The molecule has 0 saturated carbocycles. The van der Waals surface area contributed by atoms with Gasteiger partial charge in [-0.1, -0.05) is 6.07 Å². The number of nitriles is 1. The number of anilines is 2. The summed E-state index contributed by atoms with van der Waals surface area (Å²) in [5.74, 6) is -1.14. The molecular formula is C19H25FN4O3. The minimum atomic E-state index is -0.572. The number of piperidine rings is 1. The van der Waals surface area contributed by atoms with E-state index in [4.69, 9.17) is 10.00 Å². The lowest BCUT2D eigenvalue weighted by molar-refractivity contribution is -0.115. The van der Waals surface area contributed by atoms with Crippen LogP contribution in [-0.2, 0) is 9.53 Å². The predicted octanol–water partition coefficient (Wildman–Crippen LogP) is 3.49. The zero-order valence-corrected chi connectivity index (χ0v) is 15.8. The lowest BCUT2D eigenvalue weighted by Crippen LogP contribution is -2.44. The first-order valence-electron chi connectivity index (χ1n) is 8.89. The zero-order chi connectivity index (χ0) is 20.0. The van der Waals surface area contributed by atoms with Gasteiger partial charge in [-0.3, -0.25) is 4.79 Å².